The molecule has 0 fully saturated rings. The average Bonchev–Trinajstić information content (AvgIpc) is 2.33. The molecule has 17 heavy (non-hydrogen) atoms. The molecule has 0 aliphatic rings. The summed E-state index contributed by atoms with van der Waals surface area (Å²) in [7, 11) is 0. The van der Waals surface area contributed by atoms with Crippen molar-refractivity contribution in [2.45, 2.75) is 22.8 Å². The molecule has 4 heteroatoms. The van der Waals surface area contributed by atoms with Crippen molar-refractivity contribution in [1.29, 1.82) is 0 Å². The quantitative estimate of drug-likeness (QED) is 0.931. The minimum absolute atomic E-state index is 0.0123. The molecule has 0 spiro atoms. The van der Waals surface area contributed by atoms with Crippen LogP contribution in [0.4, 0.5) is 0 Å². The second-order valence-electron chi connectivity index (χ2n) is 3.76. The van der Waals surface area contributed by atoms with Crippen LogP contribution in [0.2, 0.25) is 0 Å². The van der Waals surface area contributed by atoms with Gasteiger partial charge >= 0.3 is 0 Å². The van der Waals surface area contributed by atoms with Gasteiger partial charge in [0.2, 0.25) is 0 Å². The van der Waals surface area contributed by atoms with Crippen LogP contribution in [0.15, 0.2) is 56.9 Å². The maximum Gasteiger partial charge on any atom is 0.0569 e. The van der Waals surface area contributed by atoms with Gasteiger partial charge in [-0.25, -0.2) is 0 Å². The monoisotopic (exact) mass is 308 g/mol. The van der Waals surface area contributed by atoms with Crippen molar-refractivity contribution in [2.75, 3.05) is 0 Å². The molecule has 0 aliphatic heterocycles. The molecule has 2 rings (SSSR count). The highest BCUT2D eigenvalue weighted by atomic mass is 79.9. The summed E-state index contributed by atoms with van der Waals surface area (Å²) >= 11 is 5.11. The van der Waals surface area contributed by atoms with Gasteiger partial charge in [0, 0.05) is 26.5 Å². The van der Waals surface area contributed by atoms with Crippen molar-refractivity contribution in [1.82, 2.24) is 4.98 Å². The van der Waals surface area contributed by atoms with Gasteiger partial charge < -0.3 is 5.73 Å². The minimum Gasteiger partial charge on any atom is -0.323 e. The molecule has 1 unspecified atom stereocenters. The second kappa shape index (κ2) is 5.67. The maximum atomic E-state index is 5.76. The van der Waals surface area contributed by atoms with Crippen LogP contribution in [-0.2, 0) is 0 Å². The van der Waals surface area contributed by atoms with Crippen molar-refractivity contribution in [3.8, 4) is 0 Å². The Labute approximate surface area is 114 Å². The number of nitrogens with two attached hydrogens (primary N) is 1. The Balaban J connectivity index is 2.11. The Morgan fingerprint density at radius 2 is 1.76 bits per heavy atom. The summed E-state index contributed by atoms with van der Waals surface area (Å²) in [6.07, 6.45) is 1.87. The highest BCUT2D eigenvalue weighted by Crippen LogP contribution is 2.28. The molecule has 2 N–H and O–H groups in total. The normalized spacial score (nSPS) is 12.4. The molecule has 88 valence electrons. The molecule has 0 amide bonds. The van der Waals surface area contributed by atoms with Crippen LogP contribution >= 0.6 is 27.7 Å². The molecule has 0 radical (unpaired) electrons. The van der Waals surface area contributed by atoms with Crippen LogP contribution < -0.4 is 5.73 Å². The second-order valence-corrected chi connectivity index (χ2v) is 5.83. The highest BCUT2D eigenvalue weighted by molar-refractivity contribution is 9.10. The van der Waals surface area contributed by atoms with E-state index in [2.05, 4.69) is 39.1 Å². The van der Waals surface area contributed by atoms with Gasteiger partial charge in [0.15, 0.2) is 0 Å². The third-order valence-corrected chi connectivity index (χ3v) is 3.79. The number of hydrogen-bond donors (Lipinski definition) is 1. The topological polar surface area (TPSA) is 38.9 Å². The van der Waals surface area contributed by atoms with Gasteiger partial charge in [0.1, 0.15) is 0 Å². The molecule has 0 saturated carbocycles. The van der Waals surface area contributed by atoms with Crippen molar-refractivity contribution in [3.05, 3.63) is 52.8 Å². The van der Waals surface area contributed by atoms with Gasteiger partial charge in [0.25, 0.3) is 0 Å². The minimum atomic E-state index is -0.0123. The van der Waals surface area contributed by atoms with Crippen LogP contribution in [0.25, 0.3) is 0 Å². The first-order valence-corrected chi connectivity index (χ1v) is 6.91. The molecule has 0 bridgehead atoms. The van der Waals surface area contributed by atoms with Crippen LogP contribution in [0.5, 0.6) is 0 Å². The fourth-order valence-electron chi connectivity index (χ4n) is 1.36. The van der Waals surface area contributed by atoms with Crippen molar-refractivity contribution >= 4 is 27.7 Å². The van der Waals surface area contributed by atoms with E-state index in [0.29, 0.717) is 0 Å². The van der Waals surface area contributed by atoms with E-state index >= 15 is 0 Å². The van der Waals surface area contributed by atoms with E-state index in [9.17, 15) is 0 Å². The zero-order valence-corrected chi connectivity index (χ0v) is 11.8. The van der Waals surface area contributed by atoms with Crippen LogP contribution in [0.1, 0.15) is 18.7 Å². The molecule has 0 saturated heterocycles. The van der Waals surface area contributed by atoms with E-state index in [1.165, 1.54) is 4.90 Å². The van der Waals surface area contributed by atoms with Gasteiger partial charge in [-0.15, -0.1) is 0 Å². The van der Waals surface area contributed by atoms with Crippen LogP contribution in [0, 0.1) is 0 Å². The van der Waals surface area contributed by atoms with Crippen LogP contribution in [-0.4, -0.2) is 4.98 Å². The lowest BCUT2D eigenvalue weighted by Crippen LogP contribution is -2.06. The number of halogens is 1. The first kappa shape index (κ1) is 12.6. The van der Waals surface area contributed by atoms with E-state index in [-0.39, 0.29) is 6.04 Å². The molecule has 0 aliphatic carbocycles. The first-order valence-electron chi connectivity index (χ1n) is 5.30. The molecule has 1 heterocycles. The van der Waals surface area contributed by atoms with Gasteiger partial charge in [0.05, 0.1) is 5.69 Å². The van der Waals surface area contributed by atoms with Crippen molar-refractivity contribution in [3.63, 3.8) is 0 Å². The fraction of sp³-hybridized carbons (Fsp3) is 0.154. The number of hydrogen-bond acceptors (Lipinski definition) is 3. The zero-order valence-electron chi connectivity index (χ0n) is 9.43. The summed E-state index contributed by atoms with van der Waals surface area (Å²) in [5, 5.41) is 0. The van der Waals surface area contributed by atoms with E-state index in [0.717, 1.165) is 15.1 Å². The Morgan fingerprint density at radius 1 is 1.12 bits per heavy atom. The summed E-state index contributed by atoms with van der Waals surface area (Å²) in [6, 6.07) is 12.2. The summed E-state index contributed by atoms with van der Waals surface area (Å²) in [4.78, 5) is 6.66. The number of benzene rings is 1. The van der Waals surface area contributed by atoms with Gasteiger partial charge in [-0.1, -0.05) is 27.7 Å². The summed E-state index contributed by atoms with van der Waals surface area (Å²) in [5.74, 6) is 0. The molecular formula is C13H13BrN2S. The molecule has 1 atom stereocenters. The van der Waals surface area contributed by atoms with E-state index in [4.69, 9.17) is 5.73 Å². The van der Waals surface area contributed by atoms with Gasteiger partial charge in [-0.3, -0.25) is 4.98 Å². The highest BCUT2D eigenvalue weighted by Gasteiger charge is 2.02. The van der Waals surface area contributed by atoms with E-state index in [1.807, 2.05) is 31.3 Å². The largest absolute Gasteiger partial charge is 0.323 e. The Hall–Kier alpha value is -0.840. The zero-order chi connectivity index (χ0) is 12.3. The van der Waals surface area contributed by atoms with E-state index < -0.39 is 0 Å². The fourth-order valence-corrected chi connectivity index (χ4v) is 2.41. The number of aromatic nitrogens is 1. The van der Waals surface area contributed by atoms with Gasteiger partial charge in [-0.2, -0.15) is 0 Å². The van der Waals surface area contributed by atoms with Crippen molar-refractivity contribution in [2.24, 2.45) is 5.73 Å². The number of rotatable bonds is 3. The predicted molar refractivity (Wildman–Crippen MR) is 75.1 cm³/mol. The predicted octanol–water partition coefficient (Wildman–Crippen LogP) is 4.02. The van der Waals surface area contributed by atoms with Crippen molar-refractivity contribution < 1.29 is 0 Å². The Bertz CT molecular complexity index is 480. The molecule has 1 aromatic heterocycles. The smallest absolute Gasteiger partial charge is 0.0569 e. The lowest BCUT2D eigenvalue weighted by atomic mass is 10.2. The lowest BCUT2D eigenvalue weighted by Gasteiger charge is -2.05. The number of pyridine rings is 1. The SMILES string of the molecule is CC(N)c1ccc(Sc2ccc(Br)cc2)cn1. The Morgan fingerprint density at radius 3 is 2.29 bits per heavy atom. The third kappa shape index (κ3) is 3.56. The van der Waals surface area contributed by atoms with E-state index in [1.54, 1.807) is 11.8 Å². The lowest BCUT2D eigenvalue weighted by molar-refractivity contribution is 0.777. The maximum absolute atomic E-state index is 5.76. The number of nitrogens with zero attached hydrogens (tertiary/aromatic N) is 1. The summed E-state index contributed by atoms with van der Waals surface area (Å²) in [5.41, 5.74) is 6.68. The van der Waals surface area contributed by atoms with Gasteiger partial charge in [-0.05, 0) is 43.3 Å². The van der Waals surface area contributed by atoms with Crippen LogP contribution in [0.3, 0.4) is 0 Å². The summed E-state index contributed by atoms with van der Waals surface area (Å²) in [6.45, 7) is 1.93. The third-order valence-electron chi connectivity index (χ3n) is 2.28. The molecule has 2 aromatic rings. The Kier molecular flexibility index (Phi) is 4.20. The standard InChI is InChI=1S/C13H13BrN2S/c1-9(15)13-7-6-12(8-16-13)17-11-4-2-10(14)3-5-11/h2-9H,15H2,1H3. The average molecular weight is 309 g/mol. The molecule has 2 nitrogen and oxygen atoms in total. The first-order chi connectivity index (χ1) is 8.15. The molecular weight excluding hydrogens is 296 g/mol. The molecule has 1 aromatic carbocycles. The summed E-state index contributed by atoms with van der Waals surface area (Å²) < 4.78 is 1.09.